The van der Waals surface area contributed by atoms with Gasteiger partial charge in [-0.3, -0.25) is 9.69 Å². The quantitative estimate of drug-likeness (QED) is 0.762. The zero-order valence-electron chi connectivity index (χ0n) is 15.8. The number of carboxylic acid groups (broad SMARTS) is 1. The summed E-state index contributed by atoms with van der Waals surface area (Å²) >= 11 is 6.30. The van der Waals surface area contributed by atoms with Crippen molar-refractivity contribution in [1.29, 1.82) is 0 Å². The van der Waals surface area contributed by atoms with Crippen molar-refractivity contribution in [2.75, 3.05) is 13.7 Å². The van der Waals surface area contributed by atoms with Crippen LogP contribution >= 0.6 is 11.6 Å². The molecular formula is C22H26ClNO3. The predicted molar refractivity (Wildman–Crippen MR) is 108 cm³/mol. The number of carbonyl (C=O) groups is 1. The number of nitrogens with zero attached hydrogens (tertiary/aromatic N) is 1. The molecule has 1 N–H and O–H groups in total. The van der Waals surface area contributed by atoms with E-state index in [1.54, 1.807) is 13.2 Å². The number of carboxylic acids is 1. The molecule has 2 aromatic carbocycles. The molecule has 0 bridgehead atoms. The highest BCUT2D eigenvalue weighted by atomic mass is 35.5. The van der Waals surface area contributed by atoms with Crippen LogP contribution in [0.2, 0.25) is 5.02 Å². The minimum Gasteiger partial charge on any atom is -0.496 e. The van der Waals surface area contributed by atoms with E-state index in [-0.39, 0.29) is 6.04 Å². The van der Waals surface area contributed by atoms with Gasteiger partial charge in [0.25, 0.3) is 0 Å². The van der Waals surface area contributed by atoms with E-state index in [2.05, 4.69) is 36.1 Å². The van der Waals surface area contributed by atoms with Crippen LogP contribution in [0.4, 0.5) is 0 Å². The van der Waals surface area contributed by atoms with Crippen LogP contribution in [0.25, 0.3) is 0 Å². The zero-order valence-corrected chi connectivity index (χ0v) is 16.6. The molecule has 1 heterocycles. The maximum absolute atomic E-state index is 12.0. The average molecular weight is 388 g/mol. The van der Waals surface area contributed by atoms with Gasteiger partial charge in [-0.05, 0) is 55.1 Å². The van der Waals surface area contributed by atoms with E-state index >= 15 is 0 Å². The second-order valence-corrected chi connectivity index (χ2v) is 7.41. The molecule has 3 rings (SSSR count). The van der Waals surface area contributed by atoms with Gasteiger partial charge in [0.2, 0.25) is 0 Å². The average Bonchev–Trinajstić information content (AvgIpc) is 2.69. The lowest BCUT2D eigenvalue weighted by Crippen LogP contribution is -2.46. The third-order valence-corrected chi connectivity index (χ3v) is 5.59. The largest absolute Gasteiger partial charge is 0.496 e. The van der Waals surface area contributed by atoms with E-state index in [0.29, 0.717) is 11.4 Å². The van der Waals surface area contributed by atoms with Crippen LogP contribution in [-0.4, -0.2) is 35.7 Å². The summed E-state index contributed by atoms with van der Waals surface area (Å²) in [6, 6.07) is 13.2. The van der Waals surface area contributed by atoms with Crippen LogP contribution in [0.1, 0.15) is 48.9 Å². The Bertz CT molecular complexity index is 791. The molecule has 1 fully saturated rings. The molecule has 0 aromatic heterocycles. The highest BCUT2D eigenvalue weighted by molar-refractivity contribution is 6.30. The van der Waals surface area contributed by atoms with Gasteiger partial charge in [-0.25, -0.2) is 0 Å². The number of rotatable bonds is 6. The molecule has 2 aromatic rings. The SMILES string of the molecule is CCc1ccc(C(c2cc(Cl)ccc2OC)N2CCCCC2C(=O)O)cc1. The normalized spacial score (nSPS) is 18.9. The Balaban J connectivity index is 2.13. The lowest BCUT2D eigenvalue weighted by molar-refractivity contribution is -0.145. The molecule has 0 amide bonds. The first-order valence-corrected chi connectivity index (χ1v) is 9.83. The third-order valence-electron chi connectivity index (χ3n) is 5.35. The first kappa shape index (κ1) is 19.7. The molecule has 2 unspecified atom stereocenters. The standard InChI is InChI=1S/C22H26ClNO3/c1-3-15-7-9-16(10-8-15)21(18-14-17(23)11-12-20(18)27-2)24-13-5-4-6-19(24)22(25)26/h7-12,14,19,21H,3-6,13H2,1-2H3,(H,25,26). The van der Waals surface area contributed by atoms with Crippen LogP contribution in [-0.2, 0) is 11.2 Å². The summed E-state index contributed by atoms with van der Waals surface area (Å²) in [6.07, 6.45) is 3.53. The fourth-order valence-corrected chi connectivity index (χ4v) is 4.11. The second kappa shape index (κ2) is 8.77. The summed E-state index contributed by atoms with van der Waals surface area (Å²) in [5, 5.41) is 10.4. The molecule has 0 radical (unpaired) electrons. The molecule has 2 atom stereocenters. The highest BCUT2D eigenvalue weighted by Crippen LogP contribution is 2.39. The molecule has 0 saturated carbocycles. The number of hydrogen-bond donors (Lipinski definition) is 1. The van der Waals surface area contributed by atoms with E-state index in [1.807, 2.05) is 12.1 Å². The summed E-state index contributed by atoms with van der Waals surface area (Å²) in [6.45, 7) is 2.85. The van der Waals surface area contributed by atoms with Gasteiger partial charge in [-0.2, -0.15) is 0 Å². The van der Waals surface area contributed by atoms with E-state index < -0.39 is 12.0 Å². The van der Waals surface area contributed by atoms with Gasteiger partial charge >= 0.3 is 5.97 Å². The van der Waals surface area contributed by atoms with Crippen molar-refractivity contribution in [3.63, 3.8) is 0 Å². The lowest BCUT2D eigenvalue weighted by Gasteiger charge is -2.40. The topological polar surface area (TPSA) is 49.8 Å². The van der Waals surface area contributed by atoms with Crippen LogP contribution < -0.4 is 4.74 Å². The first-order chi connectivity index (χ1) is 13.0. The third kappa shape index (κ3) is 4.28. The predicted octanol–water partition coefficient (Wildman–Crippen LogP) is 4.94. The number of aryl methyl sites for hydroxylation is 1. The van der Waals surface area contributed by atoms with E-state index in [9.17, 15) is 9.90 Å². The number of benzene rings is 2. The Morgan fingerprint density at radius 2 is 2.00 bits per heavy atom. The summed E-state index contributed by atoms with van der Waals surface area (Å²) in [5.41, 5.74) is 3.22. The van der Waals surface area contributed by atoms with Gasteiger partial charge in [-0.15, -0.1) is 0 Å². The molecule has 5 heteroatoms. The first-order valence-electron chi connectivity index (χ1n) is 9.46. The summed E-state index contributed by atoms with van der Waals surface area (Å²) in [5.74, 6) is -0.0513. The maximum Gasteiger partial charge on any atom is 0.320 e. The Morgan fingerprint density at radius 3 is 2.63 bits per heavy atom. The Labute approximate surface area is 165 Å². The monoisotopic (exact) mass is 387 g/mol. The molecule has 0 aliphatic carbocycles. The number of ether oxygens (including phenoxy) is 1. The summed E-state index contributed by atoms with van der Waals surface area (Å²) < 4.78 is 5.60. The van der Waals surface area contributed by atoms with Gasteiger partial charge in [0.05, 0.1) is 13.2 Å². The fraction of sp³-hybridized carbons (Fsp3) is 0.409. The van der Waals surface area contributed by atoms with Crippen molar-refractivity contribution >= 4 is 17.6 Å². The number of likely N-dealkylation sites (tertiary alicyclic amines) is 1. The van der Waals surface area contributed by atoms with Crippen molar-refractivity contribution < 1.29 is 14.6 Å². The minimum atomic E-state index is -0.772. The van der Waals surface area contributed by atoms with Crippen molar-refractivity contribution in [2.24, 2.45) is 0 Å². The van der Waals surface area contributed by atoms with Crippen molar-refractivity contribution in [2.45, 2.75) is 44.7 Å². The summed E-state index contributed by atoms with van der Waals surface area (Å²) in [7, 11) is 1.63. The van der Waals surface area contributed by atoms with Gasteiger partial charge in [-0.1, -0.05) is 49.2 Å². The fourth-order valence-electron chi connectivity index (χ4n) is 3.93. The highest BCUT2D eigenvalue weighted by Gasteiger charge is 2.36. The number of aliphatic carboxylic acids is 1. The Morgan fingerprint density at radius 1 is 1.26 bits per heavy atom. The van der Waals surface area contributed by atoms with Gasteiger partial charge < -0.3 is 9.84 Å². The van der Waals surface area contributed by atoms with Crippen LogP contribution in [0.3, 0.4) is 0 Å². The Kier molecular flexibility index (Phi) is 6.40. The molecule has 144 valence electrons. The molecule has 1 saturated heterocycles. The Hall–Kier alpha value is -2.04. The van der Waals surface area contributed by atoms with E-state index in [4.69, 9.17) is 16.3 Å². The second-order valence-electron chi connectivity index (χ2n) is 6.97. The zero-order chi connectivity index (χ0) is 19.4. The molecule has 4 nitrogen and oxygen atoms in total. The molecule has 27 heavy (non-hydrogen) atoms. The van der Waals surface area contributed by atoms with Crippen molar-refractivity contribution in [3.05, 3.63) is 64.2 Å². The maximum atomic E-state index is 12.0. The van der Waals surface area contributed by atoms with Crippen LogP contribution in [0, 0.1) is 0 Å². The van der Waals surface area contributed by atoms with Crippen molar-refractivity contribution in [1.82, 2.24) is 4.90 Å². The molecular weight excluding hydrogens is 362 g/mol. The van der Waals surface area contributed by atoms with Gasteiger partial charge in [0.15, 0.2) is 0 Å². The van der Waals surface area contributed by atoms with Gasteiger partial charge in [0.1, 0.15) is 11.8 Å². The number of halogens is 1. The molecule has 1 aliphatic rings. The number of piperidine rings is 1. The van der Waals surface area contributed by atoms with E-state index in [0.717, 1.165) is 42.7 Å². The van der Waals surface area contributed by atoms with Crippen molar-refractivity contribution in [3.8, 4) is 5.75 Å². The molecule has 1 aliphatic heterocycles. The smallest absolute Gasteiger partial charge is 0.320 e. The van der Waals surface area contributed by atoms with Crippen LogP contribution in [0.15, 0.2) is 42.5 Å². The van der Waals surface area contributed by atoms with Crippen LogP contribution in [0.5, 0.6) is 5.75 Å². The number of methoxy groups -OCH3 is 1. The lowest BCUT2D eigenvalue weighted by atomic mass is 9.90. The minimum absolute atomic E-state index is 0.217. The van der Waals surface area contributed by atoms with Gasteiger partial charge in [0, 0.05) is 10.6 Å². The summed E-state index contributed by atoms with van der Waals surface area (Å²) in [4.78, 5) is 14.0. The van der Waals surface area contributed by atoms with E-state index in [1.165, 1.54) is 5.56 Å². The number of hydrogen-bond acceptors (Lipinski definition) is 3. The molecule has 0 spiro atoms.